The van der Waals surface area contributed by atoms with Crippen LogP contribution in [0.3, 0.4) is 0 Å². The molecule has 0 aromatic carbocycles. The molecule has 0 atom stereocenters. The van der Waals surface area contributed by atoms with Gasteiger partial charge in [0.15, 0.2) is 0 Å². The van der Waals surface area contributed by atoms with Crippen molar-refractivity contribution in [3.8, 4) is 0 Å². The normalized spacial score (nSPS) is 21.1. The largest absolute Gasteiger partial charge is 0.394 e. The summed E-state index contributed by atoms with van der Waals surface area (Å²) in [4.78, 5) is 24.1. The van der Waals surface area contributed by atoms with E-state index in [0.29, 0.717) is 0 Å². The molecule has 2 amide bonds. The first-order valence-corrected chi connectivity index (χ1v) is 4.52. The molecular formula is C9H15NO4. The number of hydrogen-bond acceptors (Lipinski definition) is 4. The van der Waals surface area contributed by atoms with Gasteiger partial charge in [-0.3, -0.25) is 14.5 Å². The molecule has 1 saturated heterocycles. The Morgan fingerprint density at radius 2 is 1.86 bits per heavy atom. The lowest BCUT2D eigenvalue weighted by Crippen LogP contribution is -2.45. The number of amides is 2. The fourth-order valence-corrected chi connectivity index (χ4v) is 1.57. The van der Waals surface area contributed by atoms with Crippen molar-refractivity contribution in [3.63, 3.8) is 0 Å². The molecule has 0 spiro atoms. The average Bonchev–Trinajstić information content (AvgIpc) is 2.29. The second kappa shape index (κ2) is 3.67. The molecule has 1 aliphatic heterocycles. The number of rotatable bonds is 3. The molecule has 14 heavy (non-hydrogen) atoms. The molecule has 2 N–H and O–H groups in total. The molecule has 0 unspecified atom stereocenters. The van der Waals surface area contributed by atoms with E-state index in [-0.39, 0.29) is 18.2 Å². The molecule has 80 valence electrons. The fourth-order valence-electron chi connectivity index (χ4n) is 1.57. The zero-order chi connectivity index (χ0) is 10.9. The van der Waals surface area contributed by atoms with E-state index in [4.69, 9.17) is 10.2 Å². The molecule has 0 saturated carbocycles. The second-order valence-electron chi connectivity index (χ2n) is 4.15. The van der Waals surface area contributed by atoms with Crippen LogP contribution in [0.4, 0.5) is 0 Å². The third-order valence-corrected chi connectivity index (χ3v) is 2.45. The summed E-state index contributed by atoms with van der Waals surface area (Å²) in [6, 6.07) is -0.795. The van der Waals surface area contributed by atoms with Crippen molar-refractivity contribution in [3.05, 3.63) is 0 Å². The molecular weight excluding hydrogens is 186 g/mol. The fraction of sp³-hybridized carbons (Fsp3) is 0.778. The summed E-state index contributed by atoms with van der Waals surface area (Å²) in [6.07, 6.45) is 0.141. The molecule has 0 bridgehead atoms. The third kappa shape index (κ3) is 1.65. The van der Waals surface area contributed by atoms with Crippen molar-refractivity contribution in [1.82, 2.24) is 4.90 Å². The minimum absolute atomic E-state index is 0.141. The van der Waals surface area contributed by atoms with Crippen molar-refractivity contribution in [2.45, 2.75) is 26.3 Å². The van der Waals surface area contributed by atoms with E-state index in [1.165, 1.54) is 0 Å². The first-order valence-electron chi connectivity index (χ1n) is 4.52. The zero-order valence-corrected chi connectivity index (χ0v) is 8.36. The number of likely N-dealkylation sites (tertiary alicyclic amines) is 1. The van der Waals surface area contributed by atoms with E-state index in [0.717, 1.165) is 4.90 Å². The van der Waals surface area contributed by atoms with Crippen LogP contribution in [0.2, 0.25) is 0 Å². The summed E-state index contributed by atoms with van der Waals surface area (Å²) in [5.41, 5.74) is -0.709. The van der Waals surface area contributed by atoms with Gasteiger partial charge in [-0.2, -0.15) is 0 Å². The highest BCUT2D eigenvalue weighted by Gasteiger charge is 2.47. The minimum atomic E-state index is -0.795. The first-order chi connectivity index (χ1) is 6.44. The van der Waals surface area contributed by atoms with Crippen LogP contribution in [0.25, 0.3) is 0 Å². The molecule has 1 heterocycles. The van der Waals surface area contributed by atoms with Gasteiger partial charge in [0.25, 0.3) is 0 Å². The maximum atomic E-state index is 11.7. The molecule has 1 aliphatic rings. The van der Waals surface area contributed by atoms with Crippen LogP contribution in [0, 0.1) is 5.41 Å². The number of aliphatic hydroxyl groups excluding tert-OH is 2. The number of carbonyl (C=O) groups is 2. The van der Waals surface area contributed by atoms with Crippen LogP contribution in [-0.4, -0.2) is 46.2 Å². The average molecular weight is 201 g/mol. The van der Waals surface area contributed by atoms with Crippen molar-refractivity contribution < 1.29 is 19.8 Å². The zero-order valence-electron chi connectivity index (χ0n) is 8.36. The lowest BCUT2D eigenvalue weighted by Gasteiger charge is -2.24. The van der Waals surface area contributed by atoms with Gasteiger partial charge in [-0.05, 0) is 0 Å². The van der Waals surface area contributed by atoms with Crippen molar-refractivity contribution >= 4 is 11.8 Å². The quantitative estimate of drug-likeness (QED) is 0.581. The Hall–Kier alpha value is -0.940. The van der Waals surface area contributed by atoms with Crippen LogP contribution < -0.4 is 0 Å². The number of nitrogens with zero attached hydrogens (tertiary/aromatic N) is 1. The summed E-state index contributed by atoms with van der Waals surface area (Å²) in [6.45, 7) is 2.56. The standard InChI is InChI=1S/C9H15NO4/c1-9(2)3-7(13)10(8(9)14)6(4-11)5-12/h6,11-12H,3-5H2,1-2H3. The monoisotopic (exact) mass is 201 g/mol. The van der Waals surface area contributed by atoms with Gasteiger partial charge in [0.1, 0.15) is 0 Å². The summed E-state index contributed by atoms with van der Waals surface area (Å²) >= 11 is 0. The van der Waals surface area contributed by atoms with Gasteiger partial charge in [0.2, 0.25) is 11.8 Å². The molecule has 0 aromatic heterocycles. The van der Waals surface area contributed by atoms with Crippen LogP contribution in [-0.2, 0) is 9.59 Å². The maximum absolute atomic E-state index is 11.7. The van der Waals surface area contributed by atoms with E-state index >= 15 is 0 Å². The highest BCUT2D eigenvalue weighted by Crippen LogP contribution is 2.32. The Morgan fingerprint density at radius 3 is 2.14 bits per heavy atom. The second-order valence-corrected chi connectivity index (χ2v) is 4.15. The van der Waals surface area contributed by atoms with Crippen LogP contribution >= 0.6 is 0 Å². The highest BCUT2D eigenvalue weighted by molar-refractivity contribution is 6.05. The Morgan fingerprint density at radius 1 is 1.36 bits per heavy atom. The minimum Gasteiger partial charge on any atom is -0.394 e. The topological polar surface area (TPSA) is 77.8 Å². The van der Waals surface area contributed by atoms with Gasteiger partial charge in [0, 0.05) is 6.42 Å². The maximum Gasteiger partial charge on any atom is 0.235 e. The SMILES string of the molecule is CC1(C)CC(=O)N(C(CO)CO)C1=O. The van der Waals surface area contributed by atoms with E-state index in [2.05, 4.69) is 0 Å². The predicted octanol–water partition coefficient (Wildman–Crippen LogP) is -0.875. The Kier molecular flexibility index (Phi) is 2.92. The van der Waals surface area contributed by atoms with Gasteiger partial charge < -0.3 is 10.2 Å². The summed E-state index contributed by atoms with van der Waals surface area (Å²) in [5, 5.41) is 17.8. The van der Waals surface area contributed by atoms with E-state index < -0.39 is 24.7 Å². The van der Waals surface area contributed by atoms with Gasteiger partial charge >= 0.3 is 0 Å². The molecule has 5 nitrogen and oxygen atoms in total. The Bertz CT molecular complexity index is 258. The first kappa shape index (κ1) is 11.1. The summed E-state index contributed by atoms with van der Waals surface area (Å²) in [5.74, 6) is -0.649. The van der Waals surface area contributed by atoms with Crippen molar-refractivity contribution in [2.24, 2.45) is 5.41 Å². The van der Waals surface area contributed by atoms with Gasteiger partial charge in [-0.15, -0.1) is 0 Å². The highest BCUT2D eigenvalue weighted by atomic mass is 16.3. The molecule has 0 radical (unpaired) electrons. The Labute approximate surface area is 82.3 Å². The summed E-state index contributed by atoms with van der Waals surface area (Å²) in [7, 11) is 0. The van der Waals surface area contributed by atoms with Gasteiger partial charge in [-0.25, -0.2) is 0 Å². The predicted molar refractivity (Wildman–Crippen MR) is 48.2 cm³/mol. The van der Waals surface area contributed by atoms with Gasteiger partial charge in [-0.1, -0.05) is 13.8 Å². The van der Waals surface area contributed by atoms with Gasteiger partial charge in [0.05, 0.1) is 24.7 Å². The molecule has 0 aromatic rings. The number of hydrogen-bond donors (Lipinski definition) is 2. The van der Waals surface area contributed by atoms with E-state index in [9.17, 15) is 9.59 Å². The number of aliphatic hydroxyl groups is 2. The lowest BCUT2D eigenvalue weighted by molar-refractivity contribution is -0.145. The van der Waals surface area contributed by atoms with Crippen LogP contribution in [0.1, 0.15) is 20.3 Å². The van der Waals surface area contributed by atoms with Crippen molar-refractivity contribution in [2.75, 3.05) is 13.2 Å². The number of imide groups is 1. The Balaban J connectivity index is 2.90. The van der Waals surface area contributed by atoms with E-state index in [1.54, 1.807) is 13.8 Å². The van der Waals surface area contributed by atoms with E-state index in [1.807, 2.05) is 0 Å². The third-order valence-electron chi connectivity index (χ3n) is 2.45. The molecule has 0 aliphatic carbocycles. The molecule has 1 fully saturated rings. The molecule has 1 rings (SSSR count). The number of carbonyl (C=O) groups excluding carboxylic acids is 2. The summed E-state index contributed by atoms with van der Waals surface area (Å²) < 4.78 is 0. The lowest BCUT2D eigenvalue weighted by atomic mass is 9.92. The van der Waals surface area contributed by atoms with Crippen molar-refractivity contribution in [1.29, 1.82) is 0 Å². The molecule has 5 heteroatoms. The van der Waals surface area contributed by atoms with Crippen LogP contribution in [0.5, 0.6) is 0 Å². The smallest absolute Gasteiger partial charge is 0.235 e. The van der Waals surface area contributed by atoms with Crippen LogP contribution in [0.15, 0.2) is 0 Å².